The molecule has 0 atom stereocenters. The van der Waals surface area contributed by atoms with Crippen molar-refractivity contribution >= 4 is 23.3 Å². The molecule has 1 heterocycles. The number of anilines is 2. The fourth-order valence-corrected chi connectivity index (χ4v) is 1.53. The first kappa shape index (κ1) is 13.5. The molecule has 2 aromatic rings. The van der Waals surface area contributed by atoms with E-state index in [-0.39, 0.29) is 5.56 Å². The minimum atomic E-state index is -0.723. The fourth-order valence-electron chi connectivity index (χ4n) is 1.53. The molecule has 4 N–H and O–H groups in total. The Bertz CT molecular complexity index is 643. The van der Waals surface area contributed by atoms with Crippen molar-refractivity contribution < 1.29 is 14.0 Å². The van der Waals surface area contributed by atoms with Gasteiger partial charge in [-0.05, 0) is 30.3 Å². The lowest BCUT2D eigenvalue weighted by Crippen LogP contribution is -2.19. The molecular weight excluding hydrogens is 263 g/mol. The number of rotatable bonds is 3. The number of benzene rings is 1. The molecule has 1 aromatic carbocycles. The minimum absolute atomic E-state index is 0.164. The highest BCUT2D eigenvalue weighted by Gasteiger charge is 2.07. The van der Waals surface area contributed by atoms with Gasteiger partial charge in [0.1, 0.15) is 0 Å². The summed E-state index contributed by atoms with van der Waals surface area (Å²) in [7, 11) is 0. The zero-order valence-corrected chi connectivity index (χ0v) is 10.3. The van der Waals surface area contributed by atoms with Gasteiger partial charge in [0.2, 0.25) is 5.95 Å². The van der Waals surface area contributed by atoms with Crippen LogP contribution in [0.4, 0.5) is 20.6 Å². The molecule has 0 aliphatic rings. The molecule has 7 heteroatoms. The highest BCUT2D eigenvalue weighted by atomic mass is 19.1. The maximum absolute atomic E-state index is 12.9. The zero-order valence-electron chi connectivity index (χ0n) is 10.3. The molecule has 2 rings (SSSR count). The number of hydrogen-bond donors (Lipinski definition) is 3. The summed E-state index contributed by atoms with van der Waals surface area (Å²) in [5.41, 5.74) is 6.14. The topological polar surface area (TPSA) is 97.1 Å². The summed E-state index contributed by atoms with van der Waals surface area (Å²) in [5, 5.41) is 4.98. The lowest BCUT2D eigenvalue weighted by molar-refractivity contribution is 0.102. The Hall–Kier alpha value is -2.96. The molecule has 0 aliphatic heterocycles. The highest BCUT2D eigenvalue weighted by molar-refractivity contribution is 6.04. The lowest BCUT2D eigenvalue weighted by atomic mass is 10.2. The van der Waals surface area contributed by atoms with Gasteiger partial charge in [0, 0.05) is 29.2 Å². The first-order valence-corrected chi connectivity index (χ1v) is 5.64. The number of halogens is 1. The molecule has 0 fully saturated rings. The molecule has 0 bridgehead atoms. The van der Waals surface area contributed by atoms with Crippen molar-refractivity contribution in [3.63, 3.8) is 0 Å². The van der Waals surface area contributed by atoms with E-state index >= 15 is 0 Å². The number of hydrogen-bond acceptors (Lipinski definition) is 3. The number of amides is 3. The van der Waals surface area contributed by atoms with Gasteiger partial charge in [-0.1, -0.05) is 0 Å². The minimum Gasteiger partial charge on any atom is -0.351 e. The van der Waals surface area contributed by atoms with E-state index in [0.29, 0.717) is 11.4 Å². The maximum Gasteiger partial charge on any atom is 0.316 e. The van der Waals surface area contributed by atoms with Crippen LogP contribution in [0.1, 0.15) is 10.4 Å². The normalized spacial score (nSPS) is 9.85. The van der Waals surface area contributed by atoms with E-state index in [1.165, 1.54) is 12.3 Å². The zero-order chi connectivity index (χ0) is 14.5. The van der Waals surface area contributed by atoms with Crippen molar-refractivity contribution in [1.29, 1.82) is 0 Å². The molecule has 20 heavy (non-hydrogen) atoms. The second kappa shape index (κ2) is 5.79. The Morgan fingerprint density at radius 1 is 1.05 bits per heavy atom. The van der Waals surface area contributed by atoms with Crippen molar-refractivity contribution in [1.82, 2.24) is 4.98 Å². The summed E-state index contributed by atoms with van der Waals surface area (Å²) in [4.78, 5) is 25.9. The number of carbonyl (C=O) groups excluding carboxylic acids is 2. The predicted molar refractivity (Wildman–Crippen MR) is 71.8 cm³/mol. The van der Waals surface area contributed by atoms with Crippen LogP contribution in [0.15, 0.2) is 42.6 Å². The molecule has 0 saturated carbocycles. The Morgan fingerprint density at radius 3 is 2.20 bits per heavy atom. The van der Waals surface area contributed by atoms with Crippen molar-refractivity contribution in [3.05, 3.63) is 54.1 Å². The molecule has 0 aliphatic carbocycles. The highest BCUT2D eigenvalue weighted by Crippen LogP contribution is 2.14. The third kappa shape index (κ3) is 3.52. The van der Waals surface area contributed by atoms with Gasteiger partial charge < -0.3 is 16.4 Å². The number of nitrogens with one attached hydrogen (secondary N) is 2. The van der Waals surface area contributed by atoms with Gasteiger partial charge in [-0.15, -0.1) is 0 Å². The van der Waals surface area contributed by atoms with Gasteiger partial charge in [-0.3, -0.25) is 4.79 Å². The first-order chi connectivity index (χ1) is 9.54. The standard InChI is InChI=1S/C13H11FN4O2/c14-11-7-8(5-6-16-11)12(19)17-9-1-3-10(4-2-9)18-13(15)20/h1-7H,(H,17,19)(H3,15,18,20). The van der Waals surface area contributed by atoms with Crippen LogP contribution < -0.4 is 16.4 Å². The molecule has 0 unspecified atom stereocenters. The van der Waals surface area contributed by atoms with E-state index < -0.39 is 17.9 Å². The van der Waals surface area contributed by atoms with Crippen molar-refractivity contribution in [2.24, 2.45) is 5.73 Å². The number of primary amides is 1. The number of urea groups is 1. The molecule has 0 radical (unpaired) electrons. The van der Waals surface area contributed by atoms with Crippen LogP contribution in [0.3, 0.4) is 0 Å². The van der Waals surface area contributed by atoms with E-state index in [4.69, 9.17) is 5.73 Å². The Labute approximate surface area is 113 Å². The summed E-state index contributed by atoms with van der Waals surface area (Å²) in [6.07, 6.45) is 1.21. The number of nitrogens with zero attached hydrogens (tertiary/aromatic N) is 1. The van der Waals surface area contributed by atoms with Crippen LogP contribution in [0.2, 0.25) is 0 Å². The van der Waals surface area contributed by atoms with Crippen LogP contribution in [0, 0.1) is 5.95 Å². The molecule has 102 valence electrons. The smallest absolute Gasteiger partial charge is 0.316 e. The van der Waals surface area contributed by atoms with Crippen molar-refractivity contribution in [3.8, 4) is 0 Å². The number of pyridine rings is 1. The van der Waals surface area contributed by atoms with Gasteiger partial charge in [0.05, 0.1) is 0 Å². The Balaban J connectivity index is 2.06. The quantitative estimate of drug-likeness (QED) is 0.746. The van der Waals surface area contributed by atoms with Gasteiger partial charge in [-0.2, -0.15) is 4.39 Å². The molecule has 0 spiro atoms. The molecule has 0 saturated heterocycles. The predicted octanol–water partition coefficient (Wildman–Crippen LogP) is 1.96. The summed E-state index contributed by atoms with van der Waals surface area (Å²) in [6.45, 7) is 0. The monoisotopic (exact) mass is 274 g/mol. The van der Waals surface area contributed by atoms with E-state index in [1.54, 1.807) is 24.3 Å². The lowest BCUT2D eigenvalue weighted by Gasteiger charge is -2.06. The SMILES string of the molecule is NC(=O)Nc1ccc(NC(=O)c2ccnc(F)c2)cc1. The van der Waals surface area contributed by atoms with Crippen LogP contribution in [0.5, 0.6) is 0 Å². The molecule has 3 amide bonds. The van der Waals surface area contributed by atoms with E-state index in [9.17, 15) is 14.0 Å². The van der Waals surface area contributed by atoms with Crippen LogP contribution >= 0.6 is 0 Å². The summed E-state index contributed by atoms with van der Waals surface area (Å²) >= 11 is 0. The van der Waals surface area contributed by atoms with Gasteiger partial charge in [0.15, 0.2) is 0 Å². The van der Waals surface area contributed by atoms with Crippen molar-refractivity contribution in [2.45, 2.75) is 0 Å². The Morgan fingerprint density at radius 2 is 1.65 bits per heavy atom. The molecule has 6 nitrogen and oxygen atoms in total. The third-order valence-electron chi connectivity index (χ3n) is 2.40. The van der Waals surface area contributed by atoms with Crippen LogP contribution in [0.25, 0.3) is 0 Å². The number of carbonyl (C=O) groups is 2. The second-order valence-electron chi connectivity index (χ2n) is 3.89. The summed E-state index contributed by atoms with van der Waals surface area (Å²) in [5.74, 6) is -1.18. The van der Waals surface area contributed by atoms with Gasteiger partial charge in [0.25, 0.3) is 5.91 Å². The van der Waals surface area contributed by atoms with Crippen molar-refractivity contribution in [2.75, 3.05) is 10.6 Å². The molecule has 1 aromatic heterocycles. The molecular formula is C13H11FN4O2. The number of nitrogens with two attached hydrogens (primary N) is 1. The first-order valence-electron chi connectivity index (χ1n) is 5.64. The maximum atomic E-state index is 12.9. The van der Waals surface area contributed by atoms with E-state index in [0.717, 1.165) is 6.07 Å². The summed E-state index contributed by atoms with van der Waals surface area (Å²) < 4.78 is 12.9. The number of aromatic nitrogens is 1. The average Bonchev–Trinajstić information content (AvgIpc) is 2.40. The largest absolute Gasteiger partial charge is 0.351 e. The second-order valence-corrected chi connectivity index (χ2v) is 3.89. The Kier molecular flexibility index (Phi) is 3.90. The van der Waals surface area contributed by atoms with E-state index in [2.05, 4.69) is 15.6 Å². The van der Waals surface area contributed by atoms with Gasteiger partial charge in [-0.25, -0.2) is 9.78 Å². The average molecular weight is 274 g/mol. The van der Waals surface area contributed by atoms with Gasteiger partial charge >= 0.3 is 6.03 Å². The summed E-state index contributed by atoms with van der Waals surface area (Å²) in [6, 6.07) is 8.09. The van der Waals surface area contributed by atoms with Crippen LogP contribution in [-0.4, -0.2) is 16.9 Å². The van der Waals surface area contributed by atoms with Crippen LogP contribution in [-0.2, 0) is 0 Å². The third-order valence-corrected chi connectivity index (χ3v) is 2.40. The van der Waals surface area contributed by atoms with E-state index in [1.807, 2.05) is 0 Å². The fraction of sp³-hybridized carbons (Fsp3) is 0.